The molecule has 0 aromatic carbocycles. The minimum absolute atomic E-state index is 0.202. The number of hydroxylamine groups is 2. The Balaban J connectivity index is 3.49. The van der Waals surface area contributed by atoms with Gasteiger partial charge in [0.2, 0.25) is 0 Å². The van der Waals surface area contributed by atoms with E-state index < -0.39 is 12.5 Å². The van der Waals surface area contributed by atoms with Gasteiger partial charge in [0, 0.05) is 0 Å². The predicted octanol–water partition coefficient (Wildman–Crippen LogP) is -1.87. The second-order valence-corrected chi connectivity index (χ2v) is 2.19. The highest BCUT2D eigenvalue weighted by Gasteiger charge is 2.04. The molecule has 0 bridgehead atoms. The Bertz CT molecular complexity index is 139. The number of nitrogens with zero attached hydrogens (tertiary/aromatic N) is 1. The molecule has 2 atom stereocenters. The van der Waals surface area contributed by atoms with Crippen LogP contribution in [0.2, 0.25) is 0 Å². The van der Waals surface area contributed by atoms with Crippen LogP contribution in [0.25, 0.3) is 0 Å². The molecule has 2 unspecified atom stereocenters. The third-order valence-electron chi connectivity index (χ3n) is 0.976. The van der Waals surface area contributed by atoms with Gasteiger partial charge in [-0.05, 0) is 13.8 Å². The van der Waals surface area contributed by atoms with Gasteiger partial charge in [-0.15, -0.1) is 5.39 Å². The zero-order chi connectivity index (χ0) is 11.0. The quantitative estimate of drug-likeness (QED) is 0.267. The summed E-state index contributed by atoms with van der Waals surface area (Å²) >= 11 is 0. The molecule has 86 valence electrons. The van der Waals surface area contributed by atoms with E-state index in [1.54, 1.807) is 0 Å². The lowest BCUT2D eigenvalue weighted by Gasteiger charge is -2.28. The molecular weight excluding hydrogens is 198 g/mol. The summed E-state index contributed by atoms with van der Waals surface area (Å²) in [4.78, 5) is 17.0. The van der Waals surface area contributed by atoms with Gasteiger partial charge in [-0.2, -0.15) is 21.8 Å². The second kappa shape index (κ2) is 7.95. The first-order valence-electron chi connectivity index (χ1n) is 3.63. The molecule has 0 spiro atoms. The van der Waals surface area contributed by atoms with Gasteiger partial charge in [0.05, 0.1) is 0 Å². The van der Waals surface area contributed by atoms with Crippen molar-refractivity contribution in [2.75, 3.05) is 0 Å². The van der Waals surface area contributed by atoms with Gasteiger partial charge in [0.15, 0.2) is 6.23 Å². The fourth-order valence-electron chi connectivity index (χ4n) is 0.413. The van der Waals surface area contributed by atoms with E-state index in [1.165, 1.54) is 13.8 Å². The topological polar surface area (TPSA) is 139 Å². The molecule has 6 N–H and O–H groups in total. The van der Waals surface area contributed by atoms with E-state index in [9.17, 15) is 5.21 Å². The Kier molecular flexibility index (Phi) is 7.73. The molecule has 0 aliphatic rings. The van der Waals surface area contributed by atoms with E-state index >= 15 is 0 Å². The van der Waals surface area contributed by atoms with E-state index in [-0.39, 0.29) is 5.39 Å². The standard InChI is InChI=1S/C4H14N5O5/c1-3(11-5)8-14-9(10)12-4(2)7-13-6/h3-4,7-8H,5-6H2,1-2H3/q-1. The summed E-state index contributed by atoms with van der Waals surface area (Å²) in [5.41, 5.74) is 4.25. The van der Waals surface area contributed by atoms with Crippen molar-refractivity contribution in [2.45, 2.75) is 26.3 Å². The zero-order valence-electron chi connectivity index (χ0n) is 7.80. The Morgan fingerprint density at radius 2 is 1.86 bits per heavy atom. The molecule has 10 nitrogen and oxygen atoms in total. The van der Waals surface area contributed by atoms with Crippen molar-refractivity contribution in [1.82, 2.24) is 16.4 Å². The molecule has 0 aromatic heterocycles. The first kappa shape index (κ1) is 13.6. The van der Waals surface area contributed by atoms with Crippen LogP contribution in [0.15, 0.2) is 0 Å². The van der Waals surface area contributed by atoms with Gasteiger partial charge in [-0.3, -0.25) is 9.68 Å². The average molecular weight is 212 g/mol. The highest BCUT2D eigenvalue weighted by atomic mass is 17.2. The Morgan fingerprint density at radius 1 is 1.21 bits per heavy atom. The average Bonchev–Trinajstić information content (AvgIpc) is 2.14. The van der Waals surface area contributed by atoms with Crippen molar-refractivity contribution in [3.63, 3.8) is 0 Å². The second-order valence-electron chi connectivity index (χ2n) is 2.19. The maximum atomic E-state index is 10.7. The van der Waals surface area contributed by atoms with E-state index in [2.05, 4.69) is 36.4 Å². The van der Waals surface area contributed by atoms with Gasteiger partial charge < -0.3 is 5.21 Å². The van der Waals surface area contributed by atoms with Crippen LogP contribution in [0.3, 0.4) is 0 Å². The van der Waals surface area contributed by atoms with Gasteiger partial charge in [-0.25, -0.2) is 10.8 Å². The summed E-state index contributed by atoms with van der Waals surface area (Å²) < 4.78 is 0. The zero-order valence-corrected chi connectivity index (χ0v) is 7.80. The highest BCUT2D eigenvalue weighted by molar-refractivity contribution is 4.33. The van der Waals surface area contributed by atoms with Crippen LogP contribution in [0.1, 0.15) is 13.8 Å². The lowest BCUT2D eigenvalue weighted by Crippen LogP contribution is -2.41. The highest BCUT2D eigenvalue weighted by Crippen LogP contribution is 1.92. The third kappa shape index (κ3) is 7.05. The van der Waals surface area contributed by atoms with Crippen molar-refractivity contribution in [2.24, 2.45) is 11.8 Å². The Hall–Kier alpha value is -0.400. The van der Waals surface area contributed by atoms with Crippen molar-refractivity contribution in [3.05, 3.63) is 5.21 Å². The van der Waals surface area contributed by atoms with Crippen LogP contribution < -0.4 is 22.8 Å². The fourth-order valence-corrected chi connectivity index (χ4v) is 0.413. The van der Waals surface area contributed by atoms with Crippen LogP contribution in [0.4, 0.5) is 0 Å². The Labute approximate surface area is 80.3 Å². The van der Waals surface area contributed by atoms with Crippen molar-refractivity contribution in [3.8, 4) is 0 Å². The van der Waals surface area contributed by atoms with Crippen LogP contribution in [0.5, 0.6) is 0 Å². The molecule has 0 radical (unpaired) electrons. The van der Waals surface area contributed by atoms with Gasteiger partial charge >= 0.3 is 0 Å². The van der Waals surface area contributed by atoms with Gasteiger partial charge in [-0.1, -0.05) is 0 Å². The minimum atomic E-state index is -0.784. The fraction of sp³-hybridized carbons (Fsp3) is 1.00. The predicted molar refractivity (Wildman–Crippen MR) is 43.1 cm³/mol. The number of nitrogens with two attached hydrogens (primary N) is 2. The first-order valence-corrected chi connectivity index (χ1v) is 3.63. The summed E-state index contributed by atoms with van der Waals surface area (Å²) in [7, 11) is 0. The van der Waals surface area contributed by atoms with Crippen LogP contribution in [-0.2, 0) is 19.6 Å². The van der Waals surface area contributed by atoms with E-state index in [0.717, 1.165) is 0 Å². The molecule has 0 fully saturated rings. The van der Waals surface area contributed by atoms with Gasteiger partial charge in [0.1, 0.15) is 6.23 Å². The maximum absolute atomic E-state index is 10.7. The number of rotatable bonds is 8. The molecule has 0 aromatic rings. The normalized spacial score (nSPS) is 15.9. The summed E-state index contributed by atoms with van der Waals surface area (Å²) in [6.07, 6.45) is -1.45. The SMILES string of the molecule is CC(NON([O-])OC(C)NON)ON. The molecule has 0 aliphatic carbocycles. The van der Waals surface area contributed by atoms with E-state index in [4.69, 9.17) is 5.90 Å². The number of hydrogen-bond donors (Lipinski definition) is 4. The van der Waals surface area contributed by atoms with Gasteiger partial charge in [0.25, 0.3) is 0 Å². The molecule has 0 saturated carbocycles. The Morgan fingerprint density at radius 3 is 2.36 bits per heavy atom. The molecule has 0 saturated heterocycles. The molecule has 10 heteroatoms. The molecule has 0 rings (SSSR count). The third-order valence-corrected chi connectivity index (χ3v) is 0.976. The summed E-state index contributed by atoms with van der Waals surface area (Å²) in [6.45, 7) is 2.97. The van der Waals surface area contributed by atoms with Crippen molar-refractivity contribution >= 4 is 0 Å². The first-order chi connectivity index (χ1) is 6.60. The molecule has 0 aliphatic heterocycles. The van der Waals surface area contributed by atoms with Crippen molar-refractivity contribution in [1.29, 1.82) is 0 Å². The smallest absolute Gasteiger partial charge is 0.152 e. The summed E-state index contributed by atoms with van der Waals surface area (Å²) in [5, 5.41) is 10.5. The lowest BCUT2D eigenvalue weighted by molar-refractivity contribution is -0.400. The number of hydrogen-bond acceptors (Lipinski definition) is 10. The summed E-state index contributed by atoms with van der Waals surface area (Å²) in [5.74, 6) is 9.40. The lowest BCUT2D eigenvalue weighted by atomic mass is 10.7. The molecule has 0 heterocycles. The molecule has 0 amide bonds. The van der Waals surface area contributed by atoms with Crippen molar-refractivity contribution < 1.29 is 19.6 Å². The van der Waals surface area contributed by atoms with Crippen LogP contribution >= 0.6 is 0 Å². The largest absolute Gasteiger partial charge is 0.736 e. The van der Waals surface area contributed by atoms with E-state index in [0.29, 0.717) is 0 Å². The van der Waals surface area contributed by atoms with Crippen LogP contribution in [0, 0.1) is 5.21 Å². The maximum Gasteiger partial charge on any atom is 0.152 e. The monoisotopic (exact) mass is 212 g/mol. The van der Waals surface area contributed by atoms with Crippen LogP contribution in [-0.4, -0.2) is 17.8 Å². The molecule has 14 heavy (non-hydrogen) atoms. The number of nitrogens with one attached hydrogen (secondary N) is 2. The minimum Gasteiger partial charge on any atom is -0.736 e. The van der Waals surface area contributed by atoms with E-state index in [1.807, 2.05) is 0 Å². The molecular formula is C4H14N5O5-. The summed E-state index contributed by atoms with van der Waals surface area (Å²) in [6, 6.07) is 0.